The molecule has 3 aliphatic rings. The molecule has 2 bridgehead atoms. The van der Waals surface area contributed by atoms with Gasteiger partial charge in [0, 0.05) is 0 Å². The van der Waals surface area contributed by atoms with Gasteiger partial charge in [0.05, 0.1) is 17.7 Å². The average Bonchev–Trinajstić information content (AvgIpc) is 3.28. The minimum absolute atomic E-state index is 0.227. The molecule has 2 amide bonds. The smallest absolute Gasteiger partial charge is 0.244 e. The van der Waals surface area contributed by atoms with Crippen molar-refractivity contribution < 1.29 is 19.1 Å². The van der Waals surface area contributed by atoms with Crippen LogP contribution in [0.5, 0.6) is 5.75 Å². The van der Waals surface area contributed by atoms with Crippen LogP contribution in [0.3, 0.4) is 0 Å². The quantitative estimate of drug-likeness (QED) is 0.633. The van der Waals surface area contributed by atoms with Crippen molar-refractivity contribution >= 4 is 17.5 Å². The van der Waals surface area contributed by atoms with Gasteiger partial charge in [-0.25, -0.2) is 4.90 Å². The molecular weight excluding hydrogens is 330 g/mol. The van der Waals surface area contributed by atoms with Gasteiger partial charge in [0.2, 0.25) is 17.6 Å². The lowest BCUT2D eigenvalue weighted by atomic mass is 9.83. The van der Waals surface area contributed by atoms with Gasteiger partial charge < -0.3 is 9.47 Å². The van der Waals surface area contributed by atoms with Crippen molar-refractivity contribution in [2.45, 2.75) is 18.8 Å². The number of amides is 2. The van der Waals surface area contributed by atoms with Crippen LogP contribution < -0.4 is 9.64 Å². The predicted octanol–water partition coefficient (Wildman–Crippen LogP) is 2.84. The molecule has 2 aromatic carbocycles. The number of rotatable bonds is 3. The van der Waals surface area contributed by atoms with E-state index >= 15 is 0 Å². The van der Waals surface area contributed by atoms with Crippen LogP contribution >= 0.6 is 0 Å². The van der Waals surface area contributed by atoms with E-state index in [1.54, 1.807) is 18.2 Å². The van der Waals surface area contributed by atoms with Gasteiger partial charge in [-0.2, -0.15) is 0 Å². The SMILES string of the molecule is Cc1ccc(O[C@@]23C=C[C@@H](O2)[C@@H]2C(=O)N(c4ccccc4)C(=O)[C@@H]23)cc1. The van der Waals surface area contributed by atoms with Gasteiger partial charge >= 0.3 is 0 Å². The molecule has 0 unspecified atom stereocenters. The molecule has 0 N–H and O–H groups in total. The topological polar surface area (TPSA) is 55.8 Å². The summed E-state index contributed by atoms with van der Waals surface area (Å²) in [4.78, 5) is 27.4. The second-order valence-corrected chi connectivity index (χ2v) is 6.93. The number of fused-ring (bicyclic) bond motifs is 5. The van der Waals surface area contributed by atoms with E-state index in [0.29, 0.717) is 11.4 Å². The third-order valence-electron chi connectivity index (χ3n) is 5.29. The standard InChI is InChI=1S/C21H17NO4/c1-13-7-9-15(10-8-13)25-21-12-11-16(26-21)17-18(21)20(24)22(19(17)23)14-5-3-2-4-6-14/h2-12,16-18H,1H3/t16-,17+,18-,21+/m1/s1. The average molecular weight is 347 g/mol. The molecule has 5 nitrogen and oxygen atoms in total. The number of hydrogen-bond donors (Lipinski definition) is 0. The van der Waals surface area contributed by atoms with E-state index in [-0.39, 0.29) is 11.8 Å². The molecule has 0 spiro atoms. The maximum Gasteiger partial charge on any atom is 0.244 e. The summed E-state index contributed by atoms with van der Waals surface area (Å²) in [6.07, 6.45) is 3.17. The summed E-state index contributed by atoms with van der Waals surface area (Å²) in [5.41, 5.74) is 1.70. The molecule has 4 atom stereocenters. The lowest BCUT2D eigenvalue weighted by Gasteiger charge is -2.29. The first-order valence-electron chi connectivity index (χ1n) is 8.65. The molecule has 2 aromatic rings. The van der Waals surface area contributed by atoms with Crippen LogP contribution in [0, 0.1) is 18.8 Å². The van der Waals surface area contributed by atoms with Crippen LogP contribution in [-0.2, 0) is 14.3 Å². The van der Waals surface area contributed by atoms with Crippen LogP contribution in [0.25, 0.3) is 0 Å². The zero-order valence-corrected chi connectivity index (χ0v) is 14.2. The first-order chi connectivity index (χ1) is 12.6. The Hall–Kier alpha value is -2.92. The number of aryl methyl sites for hydroxylation is 1. The van der Waals surface area contributed by atoms with Crippen molar-refractivity contribution in [3.05, 3.63) is 72.3 Å². The van der Waals surface area contributed by atoms with Crippen molar-refractivity contribution in [1.82, 2.24) is 0 Å². The van der Waals surface area contributed by atoms with E-state index in [1.165, 1.54) is 4.90 Å². The van der Waals surface area contributed by atoms with Gasteiger partial charge in [-0.05, 0) is 37.3 Å². The first kappa shape index (κ1) is 15.3. The molecule has 3 aliphatic heterocycles. The highest BCUT2D eigenvalue weighted by atomic mass is 16.7. The summed E-state index contributed by atoms with van der Waals surface area (Å²) >= 11 is 0. The van der Waals surface area contributed by atoms with Gasteiger partial charge in [-0.1, -0.05) is 42.0 Å². The normalized spacial score (nSPS) is 31.6. The molecule has 0 saturated carbocycles. The number of hydrogen-bond acceptors (Lipinski definition) is 4. The number of imide groups is 1. The summed E-state index contributed by atoms with van der Waals surface area (Å²) in [5, 5.41) is 0. The van der Waals surface area contributed by atoms with Crippen molar-refractivity contribution in [2.75, 3.05) is 4.90 Å². The van der Waals surface area contributed by atoms with Crippen molar-refractivity contribution in [3.63, 3.8) is 0 Å². The maximum absolute atomic E-state index is 13.1. The summed E-state index contributed by atoms with van der Waals surface area (Å²) in [6, 6.07) is 16.6. The summed E-state index contributed by atoms with van der Waals surface area (Å²) < 4.78 is 12.1. The highest BCUT2D eigenvalue weighted by Crippen LogP contribution is 2.53. The number of para-hydroxylation sites is 1. The summed E-state index contributed by atoms with van der Waals surface area (Å²) in [7, 11) is 0. The van der Waals surface area contributed by atoms with Gasteiger partial charge in [0.25, 0.3) is 0 Å². The molecule has 2 saturated heterocycles. The minimum Gasteiger partial charge on any atom is -0.458 e. The predicted molar refractivity (Wildman–Crippen MR) is 94.5 cm³/mol. The van der Waals surface area contributed by atoms with Crippen molar-refractivity contribution in [1.29, 1.82) is 0 Å². The minimum atomic E-state index is -1.22. The van der Waals surface area contributed by atoms with E-state index in [1.807, 2.05) is 55.5 Å². The van der Waals surface area contributed by atoms with E-state index in [2.05, 4.69) is 0 Å². The Balaban J connectivity index is 1.52. The molecule has 3 heterocycles. The van der Waals surface area contributed by atoms with E-state index in [0.717, 1.165) is 5.56 Å². The van der Waals surface area contributed by atoms with E-state index in [4.69, 9.17) is 9.47 Å². The first-order valence-corrected chi connectivity index (χ1v) is 8.65. The van der Waals surface area contributed by atoms with E-state index < -0.39 is 23.7 Å². The zero-order chi connectivity index (χ0) is 17.9. The number of ether oxygens (including phenoxy) is 2. The van der Waals surface area contributed by atoms with Gasteiger partial charge in [0.1, 0.15) is 11.7 Å². The molecular formula is C21H17NO4. The second kappa shape index (κ2) is 5.29. The largest absolute Gasteiger partial charge is 0.458 e. The highest BCUT2D eigenvalue weighted by molar-refractivity contribution is 6.23. The van der Waals surface area contributed by atoms with Gasteiger partial charge in [-0.15, -0.1) is 0 Å². The number of nitrogens with zero attached hydrogens (tertiary/aromatic N) is 1. The third kappa shape index (κ3) is 2.01. The molecule has 2 fully saturated rings. The van der Waals surface area contributed by atoms with Gasteiger partial charge in [-0.3, -0.25) is 9.59 Å². The van der Waals surface area contributed by atoms with Crippen molar-refractivity contribution in [2.24, 2.45) is 11.8 Å². The van der Waals surface area contributed by atoms with E-state index in [9.17, 15) is 9.59 Å². The summed E-state index contributed by atoms with van der Waals surface area (Å²) in [6.45, 7) is 1.99. The molecule has 26 heavy (non-hydrogen) atoms. The summed E-state index contributed by atoms with van der Waals surface area (Å²) in [5.74, 6) is -2.33. The molecule has 0 radical (unpaired) electrons. The highest BCUT2D eigenvalue weighted by Gasteiger charge is 2.69. The zero-order valence-electron chi connectivity index (χ0n) is 14.2. The Morgan fingerprint density at radius 1 is 1.00 bits per heavy atom. The number of carbonyl (C=O) groups excluding carboxylic acids is 2. The third-order valence-corrected chi connectivity index (χ3v) is 5.29. The van der Waals surface area contributed by atoms with Crippen LogP contribution in [0.1, 0.15) is 5.56 Å². The second-order valence-electron chi connectivity index (χ2n) is 6.93. The Kier molecular flexibility index (Phi) is 3.12. The monoisotopic (exact) mass is 347 g/mol. The van der Waals surface area contributed by atoms with Crippen molar-refractivity contribution in [3.8, 4) is 5.75 Å². The Labute approximate surface area is 150 Å². The lowest BCUT2D eigenvalue weighted by molar-refractivity contribution is -0.151. The Morgan fingerprint density at radius 2 is 1.73 bits per heavy atom. The maximum atomic E-state index is 13.1. The Bertz CT molecular complexity index is 921. The molecule has 0 aliphatic carbocycles. The van der Waals surface area contributed by atoms with Crippen LogP contribution in [-0.4, -0.2) is 23.7 Å². The van der Waals surface area contributed by atoms with Crippen LogP contribution in [0.4, 0.5) is 5.69 Å². The number of carbonyl (C=O) groups is 2. The van der Waals surface area contributed by atoms with Crippen LogP contribution in [0.15, 0.2) is 66.7 Å². The number of benzene rings is 2. The fraction of sp³-hybridized carbons (Fsp3) is 0.238. The number of anilines is 1. The fourth-order valence-corrected chi connectivity index (χ4v) is 4.08. The fourth-order valence-electron chi connectivity index (χ4n) is 4.08. The van der Waals surface area contributed by atoms with Gasteiger partial charge in [0.15, 0.2) is 0 Å². The molecule has 0 aromatic heterocycles. The molecule has 130 valence electrons. The van der Waals surface area contributed by atoms with Crippen LogP contribution in [0.2, 0.25) is 0 Å². The molecule has 5 rings (SSSR count). The molecule has 5 heteroatoms. The lowest BCUT2D eigenvalue weighted by Crippen LogP contribution is -2.45. The Morgan fingerprint density at radius 3 is 2.46 bits per heavy atom.